The highest BCUT2D eigenvalue weighted by Gasteiger charge is 2.32. The van der Waals surface area contributed by atoms with Gasteiger partial charge in [-0.1, -0.05) is 22.0 Å². The first kappa shape index (κ1) is 11.3. The van der Waals surface area contributed by atoms with Gasteiger partial charge in [0.2, 0.25) is 5.91 Å². The Labute approximate surface area is 110 Å². The minimum absolute atomic E-state index is 0.329. The first-order valence-electron chi connectivity index (χ1n) is 6.33. The third-order valence-corrected chi connectivity index (χ3v) is 4.37. The van der Waals surface area contributed by atoms with Crippen molar-refractivity contribution in [1.29, 1.82) is 0 Å². The molecule has 1 aromatic rings. The number of aryl methyl sites for hydroxylation is 1. The van der Waals surface area contributed by atoms with Gasteiger partial charge in [0, 0.05) is 17.4 Å². The molecule has 1 unspecified atom stereocenters. The molecule has 1 amide bonds. The van der Waals surface area contributed by atoms with Crippen molar-refractivity contribution in [2.45, 2.75) is 38.1 Å². The van der Waals surface area contributed by atoms with Crippen LogP contribution in [0.3, 0.4) is 0 Å². The molecule has 2 heterocycles. The van der Waals surface area contributed by atoms with E-state index in [0.717, 1.165) is 36.7 Å². The molecule has 1 atom stereocenters. The van der Waals surface area contributed by atoms with Crippen LogP contribution in [0.4, 0.5) is 0 Å². The summed E-state index contributed by atoms with van der Waals surface area (Å²) in [7, 11) is 0. The molecule has 3 heteroatoms. The summed E-state index contributed by atoms with van der Waals surface area (Å²) in [5.41, 5.74) is 2.79. The van der Waals surface area contributed by atoms with Crippen LogP contribution < -0.4 is 0 Å². The van der Waals surface area contributed by atoms with E-state index in [-0.39, 0.29) is 0 Å². The van der Waals surface area contributed by atoms with Gasteiger partial charge in [-0.3, -0.25) is 4.79 Å². The van der Waals surface area contributed by atoms with Crippen LogP contribution in [0.15, 0.2) is 22.7 Å². The van der Waals surface area contributed by atoms with Crippen molar-refractivity contribution in [3.63, 3.8) is 0 Å². The first-order valence-corrected chi connectivity index (χ1v) is 7.13. The van der Waals surface area contributed by atoms with Gasteiger partial charge in [0.05, 0.1) is 6.04 Å². The summed E-state index contributed by atoms with van der Waals surface area (Å²) in [5, 5.41) is 0. The second-order valence-corrected chi connectivity index (χ2v) is 5.86. The third-order valence-electron chi connectivity index (χ3n) is 3.88. The topological polar surface area (TPSA) is 20.3 Å². The molecule has 17 heavy (non-hydrogen) atoms. The Bertz CT molecular complexity index is 458. The molecule has 0 saturated carbocycles. The predicted molar refractivity (Wildman–Crippen MR) is 70.8 cm³/mol. The number of benzene rings is 1. The van der Waals surface area contributed by atoms with Crippen LogP contribution in [0, 0.1) is 0 Å². The average Bonchev–Trinajstić information content (AvgIpc) is 2.77. The van der Waals surface area contributed by atoms with Gasteiger partial charge in [0.25, 0.3) is 0 Å². The van der Waals surface area contributed by atoms with Crippen LogP contribution in [0.1, 0.15) is 42.9 Å². The van der Waals surface area contributed by atoms with Crippen LogP contribution in [0.5, 0.6) is 0 Å². The summed E-state index contributed by atoms with van der Waals surface area (Å²) < 4.78 is 1.12. The summed E-state index contributed by atoms with van der Waals surface area (Å²) in [5.74, 6) is 0.345. The zero-order chi connectivity index (χ0) is 11.8. The molecule has 0 spiro atoms. The number of carbonyl (C=O) groups excluding carboxylic acids is 1. The Hall–Kier alpha value is -0.830. The maximum atomic E-state index is 12.1. The van der Waals surface area contributed by atoms with Crippen LogP contribution in [-0.4, -0.2) is 17.4 Å². The smallest absolute Gasteiger partial charge is 0.223 e. The van der Waals surface area contributed by atoms with E-state index in [1.165, 1.54) is 11.1 Å². The molecule has 2 nitrogen and oxygen atoms in total. The second kappa shape index (κ2) is 4.45. The molecule has 90 valence electrons. The number of nitrogens with zero attached hydrogens (tertiary/aromatic N) is 1. The van der Waals surface area contributed by atoms with Gasteiger partial charge in [-0.2, -0.15) is 0 Å². The number of amides is 1. The fraction of sp³-hybridized carbons (Fsp3) is 0.500. The molecule has 0 N–H and O–H groups in total. The van der Waals surface area contributed by atoms with Gasteiger partial charge >= 0.3 is 0 Å². The molecular formula is C14H16BrNO. The Balaban J connectivity index is 2.07. The summed E-state index contributed by atoms with van der Waals surface area (Å²) >= 11 is 3.54. The Kier molecular flexibility index (Phi) is 2.95. The van der Waals surface area contributed by atoms with E-state index in [0.29, 0.717) is 18.4 Å². The molecule has 2 aliphatic heterocycles. The van der Waals surface area contributed by atoms with E-state index >= 15 is 0 Å². The molecule has 0 aliphatic carbocycles. The lowest BCUT2D eigenvalue weighted by Gasteiger charge is -2.29. The quantitative estimate of drug-likeness (QED) is 0.717. The molecule has 1 saturated heterocycles. The molecule has 0 aromatic heterocycles. The lowest BCUT2D eigenvalue weighted by atomic mass is 9.93. The van der Waals surface area contributed by atoms with E-state index < -0.39 is 0 Å². The van der Waals surface area contributed by atoms with E-state index in [4.69, 9.17) is 0 Å². The van der Waals surface area contributed by atoms with E-state index in [2.05, 4.69) is 39.0 Å². The minimum Gasteiger partial charge on any atom is -0.336 e. The third kappa shape index (κ3) is 2.01. The summed E-state index contributed by atoms with van der Waals surface area (Å²) in [6, 6.07) is 6.86. The Morgan fingerprint density at radius 2 is 2.12 bits per heavy atom. The van der Waals surface area contributed by atoms with E-state index in [1.807, 2.05) is 0 Å². The van der Waals surface area contributed by atoms with Crippen molar-refractivity contribution in [1.82, 2.24) is 4.90 Å². The predicted octanol–water partition coefficient (Wildman–Crippen LogP) is 3.45. The largest absolute Gasteiger partial charge is 0.336 e. The van der Waals surface area contributed by atoms with Gasteiger partial charge in [-0.15, -0.1) is 0 Å². The van der Waals surface area contributed by atoms with Crippen LogP contribution >= 0.6 is 15.9 Å². The lowest BCUT2D eigenvalue weighted by molar-refractivity contribution is -0.132. The standard InChI is InChI=1S/C14H16BrNO/c15-11-7-6-10-3-1-5-14(17)16-8-2-4-13(16)12(10)9-11/h6-7,9,13H,1-5,8H2. The fourth-order valence-electron chi connectivity index (χ4n) is 3.07. The maximum absolute atomic E-state index is 12.1. The summed E-state index contributed by atoms with van der Waals surface area (Å²) in [6.07, 6.45) is 5.00. The second-order valence-electron chi connectivity index (χ2n) is 4.94. The van der Waals surface area contributed by atoms with Crippen molar-refractivity contribution < 1.29 is 4.79 Å². The SMILES string of the molecule is O=C1CCCc2ccc(Br)cc2C2CCCN12. The van der Waals surface area contributed by atoms with Crippen molar-refractivity contribution in [2.75, 3.05) is 6.54 Å². The van der Waals surface area contributed by atoms with E-state index in [1.54, 1.807) is 0 Å². The summed E-state index contributed by atoms with van der Waals surface area (Å²) in [4.78, 5) is 14.1. The van der Waals surface area contributed by atoms with Gasteiger partial charge in [0.1, 0.15) is 0 Å². The molecule has 0 radical (unpaired) electrons. The van der Waals surface area contributed by atoms with Gasteiger partial charge < -0.3 is 4.90 Å². The van der Waals surface area contributed by atoms with Crippen LogP contribution in [-0.2, 0) is 11.2 Å². The van der Waals surface area contributed by atoms with E-state index in [9.17, 15) is 4.79 Å². The van der Waals surface area contributed by atoms with Crippen LogP contribution in [0.25, 0.3) is 0 Å². The molecular weight excluding hydrogens is 278 g/mol. The molecule has 2 aliphatic rings. The molecule has 3 rings (SSSR count). The molecule has 1 aromatic carbocycles. The number of hydrogen-bond acceptors (Lipinski definition) is 1. The highest BCUT2D eigenvalue weighted by molar-refractivity contribution is 9.10. The Morgan fingerprint density at radius 3 is 3.00 bits per heavy atom. The van der Waals surface area contributed by atoms with Gasteiger partial charge in [-0.25, -0.2) is 0 Å². The van der Waals surface area contributed by atoms with Crippen molar-refractivity contribution in [3.05, 3.63) is 33.8 Å². The number of hydrogen-bond donors (Lipinski definition) is 0. The Morgan fingerprint density at radius 1 is 1.24 bits per heavy atom. The van der Waals surface area contributed by atoms with Gasteiger partial charge in [0.15, 0.2) is 0 Å². The summed E-state index contributed by atoms with van der Waals surface area (Å²) in [6.45, 7) is 0.940. The monoisotopic (exact) mass is 293 g/mol. The van der Waals surface area contributed by atoms with Crippen molar-refractivity contribution in [2.24, 2.45) is 0 Å². The van der Waals surface area contributed by atoms with Crippen LogP contribution in [0.2, 0.25) is 0 Å². The molecule has 1 fully saturated rings. The highest BCUT2D eigenvalue weighted by atomic mass is 79.9. The minimum atomic E-state index is 0.329. The first-order chi connectivity index (χ1) is 8.25. The van der Waals surface area contributed by atoms with Crippen molar-refractivity contribution in [3.8, 4) is 0 Å². The van der Waals surface area contributed by atoms with Gasteiger partial charge in [-0.05, 0) is 48.9 Å². The number of rotatable bonds is 0. The normalized spacial score (nSPS) is 23.9. The van der Waals surface area contributed by atoms with Crippen molar-refractivity contribution >= 4 is 21.8 Å². The average molecular weight is 294 g/mol. The number of carbonyl (C=O) groups is 1. The lowest BCUT2D eigenvalue weighted by Crippen LogP contribution is -2.32. The fourth-order valence-corrected chi connectivity index (χ4v) is 3.44. The zero-order valence-electron chi connectivity index (χ0n) is 9.79. The number of halogens is 1. The molecule has 0 bridgehead atoms. The zero-order valence-corrected chi connectivity index (χ0v) is 11.4. The number of fused-ring (bicyclic) bond motifs is 3. The highest BCUT2D eigenvalue weighted by Crippen LogP contribution is 2.37. The maximum Gasteiger partial charge on any atom is 0.223 e.